The quantitative estimate of drug-likeness (QED) is 0.267. The normalized spacial score (nSPS) is 12.6. The van der Waals surface area contributed by atoms with E-state index in [0.29, 0.717) is 12.4 Å². The Balaban J connectivity index is 1.62. The topological polar surface area (TPSA) is 47.9 Å². The van der Waals surface area contributed by atoms with E-state index in [4.69, 9.17) is 14.2 Å². The van der Waals surface area contributed by atoms with E-state index in [2.05, 4.69) is 49.4 Å². The van der Waals surface area contributed by atoms with Crippen LogP contribution in [0.4, 0.5) is 0 Å². The van der Waals surface area contributed by atoms with Crippen molar-refractivity contribution in [3.05, 3.63) is 71.8 Å². The van der Waals surface area contributed by atoms with Crippen LogP contribution >= 0.6 is 0 Å². The minimum absolute atomic E-state index is 0.0910. The van der Waals surface area contributed by atoms with E-state index in [9.17, 15) is 5.11 Å². The summed E-state index contributed by atoms with van der Waals surface area (Å²) in [6.07, 6.45) is 6.08. The summed E-state index contributed by atoms with van der Waals surface area (Å²) in [5.41, 5.74) is 3.78. The number of unbranched alkanes of at least 4 members (excludes halogenated alkanes) is 4. The number of hydrogen-bond donors (Lipinski definition) is 1. The lowest BCUT2D eigenvalue weighted by molar-refractivity contribution is 0.102. The van der Waals surface area contributed by atoms with Gasteiger partial charge in [0.2, 0.25) is 6.79 Å². The van der Waals surface area contributed by atoms with Crippen molar-refractivity contribution in [1.29, 1.82) is 0 Å². The number of aliphatic hydroxyl groups excluding tert-OH is 1. The SMILES string of the molecule is CCCCCCCOCc1cc2ccccc2c2c1OCOc1c(CO)cc3ccccc3c1-2. The molecule has 0 saturated heterocycles. The Morgan fingerprint density at radius 2 is 1.35 bits per heavy atom. The lowest BCUT2D eigenvalue weighted by atomic mass is 9.89. The molecule has 0 saturated carbocycles. The molecule has 0 radical (unpaired) electrons. The smallest absolute Gasteiger partial charge is 0.230 e. The lowest BCUT2D eigenvalue weighted by Crippen LogP contribution is -2.07. The molecule has 0 unspecified atom stereocenters. The van der Waals surface area contributed by atoms with Gasteiger partial charge in [-0.05, 0) is 40.1 Å². The van der Waals surface area contributed by atoms with Gasteiger partial charge >= 0.3 is 0 Å². The maximum Gasteiger partial charge on any atom is 0.230 e. The zero-order valence-electron chi connectivity index (χ0n) is 19.8. The van der Waals surface area contributed by atoms with Gasteiger partial charge in [0, 0.05) is 28.9 Å². The van der Waals surface area contributed by atoms with E-state index in [0.717, 1.165) is 62.6 Å². The molecule has 1 N–H and O–H groups in total. The molecular weight excluding hydrogens is 424 g/mol. The highest BCUT2D eigenvalue weighted by atomic mass is 16.7. The molecule has 5 rings (SSSR count). The zero-order chi connectivity index (χ0) is 23.3. The Hall–Kier alpha value is -3.08. The fraction of sp³-hybridized carbons (Fsp3) is 0.333. The molecule has 0 aromatic heterocycles. The second kappa shape index (κ2) is 10.5. The van der Waals surface area contributed by atoms with Crippen molar-refractivity contribution >= 4 is 21.5 Å². The molecular formula is C30H32O4. The van der Waals surface area contributed by atoms with Crippen LogP contribution in [-0.4, -0.2) is 18.5 Å². The van der Waals surface area contributed by atoms with Crippen LogP contribution in [0.5, 0.6) is 11.5 Å². The van der Waals surface area contributed by atoms with E-state index in [-0.39, 0.29) is 13.4 Å². The van der Waals surface area contributed by atoms with Crippen LogP contribution in [0.3, 0.4) is 0 Å². The van der Waals surface area contributed by atoms with Crippen molar-refractivity contribution in [2.75, 3.05) is 13.4 Å². The van der Waals surface area contributed by atoms with Gasteiger partial charge < -0.3 is 19.3 Å². The van der Waals surface area contributed by atoms with Crippen LogP contribution in [0.2, 0.25) is 0 Å². The molecule has 0 aliphatic carbocycles. The summed E-state index contributed by atoms with van der Waals surface area (Å²) in [4.78, 5) is 0. The maximum absolute atomic E-state index is 10.1. The summed E-state index contributed by atoms with van der Waals surface area (Å²) >= 11 is 0. The van der Waals surface area contributed by atoms with Gasteiger partial charge in [-0.25, -0.2) is 0 Å². The first-order valence-electron chi connectivity index (χ1n) is 12.4. The molecule has 176 valence electrons. The third kappa shape index (κ3) is 4.36. The molecule has 0 amide bonds. The van der Waals surface area contributed by atoms with Gasteiger partial charge in [0.15, 0.2) is 0 Å². The van der Waals surface area contributed by atoms with E-state index in [1.165, 1.54) is 25.7 Å². The Labute approximate surface area is 201 Å². The van der Waals surface area contributed by atoms with Crippen LogP contribution in [0.25, 0.3) is 32.7 Å². The number of benzene rings is 4. The molecule has 1 aliphatic rings. The number of ether oxygens (including phenoxy) is 3. The largest absolute Gasteiger partial charge is 0.456 e. The highest BCUT2D eigenvalue weighted by molar-refractivity contribution is 6.11. The molecule has 4 nitrogen and oxygen atoms in total. The highest BCUT2D eigenvalue weighted by Gasteiger charge is 2.26. The van der Waals surface area contributed by atoms with Gasteiger partial charge in [-0.3, -0.25) is 0 Å². The molecule has 4 aromatic rings. The fourth-order valence-electron chi connectivity index (χ4n) is 4.96. The van der Waals surface area contributed by atoms with Gasteiger partial charge in [0.25, 0.3) is 0 Å². The van der Waals surface area contributed by atoms with Crippen molar-refractivity contribution in [3.63, 3.8) is 0 Å². The fourth-order valence-corrected chi connectivity index (χ4v) is 4.96. The van der Waals surface area contributed by atoms with E-state index in [1.54, 1.807) is 0 Å². The molecule has 0 atom stereocenters. The Morgan fingerprint density at radius 1 is 0.765 bits per heavy atom. The number of aliphatic hydroxyl groups is 1. The summed E-state index contributed by atoms with van der Waals surface area (Å²) in [7, 11) is 0. The summed E-state index contributed by atoms with van der Waals surface area (Å²) in [5.74, 6) is 1.50. The first-order chi connectivity index (χ1) is 16.8. The van der Waals surface area contributed by atoms with Crippen molar-refractivity contribution in [1.82, 2.24) is 0 Å². The first-order valence-corrected chi connectivity index (χ1v) is 12.4. The van der Waals surface area contributed by atoms with Gasteiger partial charge in [-0.2, -0.15) is 0 Å². The first kappa shape index (κ1) is 22.7. The van der Waals surface area contributed by atoms with Crippen LogP contribution in [0.1, 0.15) is 50.2 Å². The minimum Gasteiger partial charge on any atom is -0.456 e. The minimum atomic E-state index is -0.0960. The summed E-state index contributed by atoms with van der Waals surface area (Å²) in [6, 6.07) is 20.8. The van der Waals surface area contributed by atoms with Crippen molar-refractivity contribution in [2.24, 2.45) is 0 Å². The average Bonchev–Trinajstić information content (AvgIpc) is 3.08. The van der Waals surface area contributed by atoms with E-state index >= 15 is 0 Å². The molecule has 0 spiro atoms. The van der Waals surface area contributed by atoms with Crippen LogP contribution < -0.4 is 9.47 Å². The van der Waals surface area contributed by atoms with Crippen molar-refractivity contribution in [2.45, 2.75) is 52.2 Å². The van der Waals surface area contributed by atoms with E-state index in [1.807, 2.05) is 18.2 Å². The number of rotatable bonds is 9. The maximum atomic E-state index is 10.1. The lowest BCUT2D eigenvalue weighted by Gasteiger charge is -2.18. The Morgan fingerprint density at radius 3 is 2.00 bits per heavy atom. The summed E-state index contributed by atoms with van der Waals surface area (Å²) in [5, 5.41) is 14.5. The predicted octanol–water partition coefficient (Wildman–Crippen LogP) is 7.37. The van der Waals surface area contributed by atoms with Gasteiger partial charge in [-0.15, -0.1) is 0 Å². The van der Waals surface area contributed by atoms with Crippen LogP contribution in [0.15, 0.2) is 60.7 Å². The Kier molecular flexibility index (Phi) is 6.98. The average molecular weight is 457 g/mol. The molecule has 1 aliphatic heterocycles. The molecule has 4 aromatic carbocycles. The van der Waals surface area contributed by atoms with E-state index < -0.39 is 0 Å². The van der Waals surface area contributed by atoms with Crippen LogP contribution in [-0.2, 0) is 18.0 Å². The second-order valence-corrected chi connectivity index (χ2v) is 8.95. The third-order valence-electron chi connectivity index (χ3n) is 6.63. The molecule has 0 fully saturated rings. The molecule has 4 heteroatoms. The predicted molar refractivity (Wildman–Crippen MR) is 137 cm³/mol. The zero-order valence-corrected chi connectivity index (χ0v) is 19.8. The highest BCUT2D eigenvalue weighted by Crippen LogP contribution is 2.50. The monoisotopic (exact) mass is 456 g/mol. The van der Waals surface area contributed by atoms with Gasteiger partial charge in [0.1, 0.15) is 11.5 Å². The van der Waals surface area contributed by atoms with Crippen LogP contribution in [0, 0.1) is 0 Å². The number of hydrogen-bond acceptors (Lipinski definition) is 4. The number of fused-ring (bicyclic) bond motifs is 7. The summed E-state index contributed by atoms with van der Waals surface area (Å²) in [6.45, 7) is 3.47. The van der Waals surface area contributed by atoms with Crippen molar-refractivity contribution < 1.29 is 19.3 Å². The molecule has 1 heterocycles. The van der Waals surface area contributed by atoms with Gasteiger partial charge in [0.05, 0.1) is 13.2 Å². The molecule has 34 heavy (non-hydrogen) atoms. The molecule has 0 bridgehead atoms. The second-order valence-electron chi connectivity index (χ2n) is 8.95. The standard InChI is InChI=1S/C30H32O4/c1-2-3-4-5-10-15-32-19-24-17-22-12-7-9-14-26(22)28-27-25-13-8-6-11-21(25)16-23(18-31)29(27)33-20-34-30(24)28/h6-9,11-14,16-17,31H,2-5,10,15,18-20H2,1H3. The third-order valence-corrected chi connectivity index (χ3v) is 6.63. The van der Waals surface area contributed by atoms with Gasteiger partial charge in [-0.1, -0.05) is 81.1 Å². The Bertz CT molecular complexity index is 1290. The van der Waals surface area contributed by atoms with Crippen molar-refractivity contribution in [3.8, 4) is 22.6 Å². The summed E-state index contributed by atoms with van der Waals surface area (Å²) < 4.78 is 18.5.